The van der Waals surface area contributed by atoms with Gasteiger partial charge in [0.05, 0.1) is 19.5 Å². The van der Waals surface area contributed by atoms with Crippen molar-refractivity contribution in [2.75, 3.05) is 26.4 Å². The van der Waals surface area contributed by atoms with Gasteiger partial charge in [-0.1, -0.05) is 212 Å². The predicted molar refractivity (Wildman–Crippen MR) is 247 cm³/mol. The average Bonchev–Trinajstić information content (AvgIpc) is 3.21. The van der Waals surface area contributed by atoms with Gasteiger partial charge in [-0.3, -0.25) is 13.8 Å². The third kappa shape index (κ3) is 45.9. The number of rotatable bonds is 48. The van der Waals surface area contributed by atoms with Crippen LogP contribution in [0.3, 0.4) is 0 Å². The lowest BCUT2D eigenvalue weighted by Crippen LogP contribution is -2.27. The standard InChI is InChI=1S/C49H96NO7P/c1-3-5-7-9-11-13-15-17-19-21-23-24-25-26-28-30-32-34-36-38-40-42-49(51)57-48(47-56-58(52,53)55-45-43-50)46-54-44-41-39-37-35-33-31-29-27-22-20-18-16-14-12-10-8-6-4-2/h17,19,41,44,48H,3-16,18,20-40,42-43,45-47,50H2,1-2H3,(H,52,53)/b19-17+,44-41+/t48-/m1/s1. The first-order chi connectivity index (χ1) is 28.4. The van der Waals surface area contributed by atoms with Crippen molar-refractivity contribution < 1.29 is 32.8 Å². The Morgan fingerprint density at radius 1 is 0.517 bits per heavy atom. The van der Waals surface area contributed by atoms with E-state index in [1.807, 2.05) is 6.08 Å². The number of phosphoric acid groups is 1. The van der Waals surface area contributed by atoms with E-state index in [0.717, 1.165) is 32.1 Å². The Hall–Kier alpha value is -1.18. The number of nitrogens with two attached hydrogens (primary N) is 1. The summed E-state index contributed by atoms with van der Waals surface area (Å²) in [6.45, 7) is 4.28. The first kappa shape index (κ1) is 56.8. The molecule has 0 spiro atoms. The van der Waals surface area contributed by atoms with Crippen LogP contribution in [0.4, 0.5) is 0 Å². The minimum Gasteiger partial charge on any atom is -0.498 e. The fourth-order valence-corrected chi connectivity index (χ4v) is 8.02. The van der Waals surface area contributed by atoms with Crippen LogP contribution in [0.2, 0.25) is 0 Å². The molecular weight excluding hydrogens is 746 g/mol. The summed E-state index contributed by atoms with van der Waals surface area (Å²) in [7, 11) is -4.29. The van der Waals surface area contributed by atoms with Crippen LogP contribution in [0.25, 0.3) is 0 Å². The topological polar surface area (TPSA) is 117 Å². The zero-order valence-electron chi connectivity index (χ0n) is 38.3. The van der Waals surface area contributed by atoms with Gasteiger partial charge in [0.25, 0.3) is 0 Å². The second-order valence-corrected chi connectivity index (χ2v) is 18.2. The smallest absolute Gasteiger partial charge is 0.472 e. The van der Waals surface area contributed by atoms with Crippen LogP contribution in [0.1, 0.15) is 251 Å². The Bertz CT molecular complexity index is 946. The fourth-order valence-electron chi connectivity index (χ4n) is 7.25. The largest absolute Gasteiger partial charge is 0.498 e. The van der Waals surface area contributed by atoms with Gasteiger partial charge in [0, 0.05) is 13.0 Å². The van der Waals surface area contributed by atoms with Gasteiger partial charge in [-0.2, -0.15) is 0 Å². The lowest BCUT2D eigenvalue weighted by Gasteiger charge is -2.19. The molecule has 0 heterocycles. The molecule has 0 aliphatic heterocycles. The number of carbonyl (C=O) groups is 1. The van der Waals surface area contributed by atoms with E-state index in [1.54, 1.807) is 6.26 Å². The Balaban J connectivity index is 3.97. The van der Waals surface area contributed by atoms with Gasteiger partial charge < -0.3 is 20.1 Å². The van der Waals surface area contributed by atoms with Crippen LogP contribution in [-0.2, 0) is 27.9 Å². The first-order valence-electron chi connectivity index (χ1n) is 24.9. The average molecular weight is 842 g/mol. The highest BCUT2D eigenvalue weighted by Gasteiger charge is 2.25. The molecule has 0 aromatic carbocycles. The van der Waals surface area contributed by atoms with Crippen LogP contribution < -0.4 is 5.73 Å². The van der Waals surface area contributed by atoms with Gasteiger partial charge in [-0.25, -0.2) is 4.57 Å². The molecule has 0 saturated carbocycles. The zero-order valence-corrected chi connectivity index (χ0v) is 39.2. The summed E-state index contributed by atoms with van der Waals surface area (Å²) >= 11 is 0. The third-order valence-corrected chi connectivity index (χ3v) is 11.9. The second-order valence-electron chi connectivity index (χ2n) is 16.8. The van der Waals surface area contributed by atoms with Gasteiger partial charge >= 0.3 is 13.8 Å². The van der Waals surface area contributed by atoms with Crippen LogP contribution in [0.15, 0.2) is 24.5 Å². The monoisotopic (exact) mass is 842 g/mol. The molecule has 2 atom stereocenters. The molecule has 0 aliphatic carbocycles. The Labute approximate surface area is 359 Å². The summed E-state index contributed by atoms with van der Waals surface area (Å²) in [6, 6.07) is 0. The van der Waals surface area contributed by atoms with Gasteiger partial charge in [0.15, 0.2) is 6.10 Å². The molecule has 0 aliphatic rings. The molecule has 0 saturated heterocycles. The molecule has 0 bridgehead atoms. The molecule has 0 rings (SSSR count). The van der Waals surface area contributed by atoms with Crippen LogP contribution in [0, 0.1) is 0 Å². The van der Waals surface area contributed by atoms with Gasteiger partial charge in [-0.15, -0.1) is 0 Å². The molecule has 1 unspecified atom stereocenters. The number of allylic oxidation sites excluding steroid dienone is 3. The maximum absolute atomic E-state index is 12.6. The summed E-state index contributed by atoms with van der Waals surface area (Å²) in [5.74, 6) is -0.349. The number of unbranched alkanes of at least 4 members (excludes halogenated alkanes) is 33. The molecule has 0 amide bonds. The predicted octanol–water partition coefficient (Wildman–Crippen LogP) is 15.6. The molecule has 0 fully saturated rings. The van der Waals surface area contributed by atoms with E-state index >= 15 is 0 Å². The zero-order chi connectivity index (χ0) is 42.3. The summed E-state index contributed by atoms with van der Waals surface area (Å²) in [5, 5.41) is 0. The van der Waals surface area contributed by atoms with Crippen molar-refractivity contribution in [2.24, 2.45) is 5.73 Å². The minimum atomic E-state index is -4.29. The molecule has 9 heteroatoms. The summed E-state index contributed by atoms with van der Waals surface area (Å²) in [6.07, 6.45) is 54.4. The molecule has 0 aromatic heterocycles. The Morgan fingerprint density at radius 3 is 1.28 bits per heavy atom. The van der Waals surface area contributed by atoms with Crippen molar-refractivity contribution in [2.45, 2.75) is 258 Å². The molecular formula is C49H96NO7P. The molecule has 0 aromatic rings. The minimum absolute atomic E-state index is 0.0362. The highest BCUT2D eigenvalue weighted by Crippen LogP contribution is 2.43. The SMILES string of the molecule is CCCCCCCC/C=C/CCCCCCCCCCCCCC(=O)O[C@H](CO/C=C/CCCCCCCCCCCCCCCCCC)COP(=O)(O)OCCN. The summed E-state index contributed by atoms with van der Waals surface area (Å²) < 4.78 is 33.3. The van der Waals surface area contributed by atoms with Crippen molar-refractivity contribution in [1.29, 1.82) is 0 Å². The second kappa shape index (κ2) is 46.9. The quantitative estimate of drug-likeness (QED) is 0.0204. The van der Waals surface area contributed by atoms with E-state index in [9.17, 15) is 14.3 Å². The van der Waals surface area contributed by atoms with E-state index < -0.39 is 13.9 Å². The number of hydrogen-bond donors (Lipinski definition) is 2. The Morgan fingerprint density at radius 2 is 0.879 bits per heavy atom. The van der Waals surface area contributed by atoms with Crippen LogP contribution in [0.5, 0.6) is 0 Å². The molecule has 8 nitrogen and oxygen atoms in total. The van der Waals surface area contributed by atoms with Gasteiger partial charge in [0.1, 0.15) is 6.61 Å². The van der Waals surface area contributed by atoms with Crippen molar-refractivity contribution in [3.63, 3.8) is 0 Å². The summed E-state index contributed by atoms with van der Waals surface area (Å²) in [4.78, 5) is 22.5. The lowest BCUT2D eigenvalue weighted by atomic mass is 10.0. The fraction of sp³-hybridized carbons (Fsp3) is 0.898. The number of phosphoric ester groups is 1. The highest BCUT2D eigenvalue weighted by molar-refractivity contribution is 7.47. The van der Waals surface area contributed by atoms with Gasteiger partial charge in [-0.05, 0) is 51.0 Å². The number of ether oxygens (including phenoxy) is 2. The van der Waals surface area contributed by atoms with Crippen molar-refractivity contribution in [3.8, 4) is 0 Å². The molecule has 0 radical (unpaired) electrons. The van der Waals surface area contributed by atoms with E-state index in [2.05, 4.69) is 26.0 Å². The van der Waals surface area contributed by atoms with Crippen LogP contribution in [-0.4, -0.2) is 43.3 Å². The first-order valence-corrected chi connectivity index (χ1v) is 26.4. The molecule has 3 N–H and O–H groups in total. The van der Waals surface area contributed by atoms with E-state index in [0.29, 0.717) is 6.42 Å². The summed E-state index contributed by atoms with van der Waals surface area (Å²) in [5.41, 5.74) is 5.38. The van der Waals surface area contributed by atoms with Crippen LogP contribution >= 0.6 is 7.82 Å². The number of esters is 1. The normalized spacial score (nSPS) is 13.4. The van der Waals surface area contributed by atoms with E-state index in [1.165, 1.54) is 199 Å². The maximum atomic E-state index is 12.6. The Kier molecular flexibility index (Phi) is 45.9. The van der Waals surface area contributed by atoms with E-state index in [-0.39, 0.29) is 32.3 Å². The third-order valence-electron chi connectivity index (χ3n) is 10.9. The van der Waals surface area contributed by atoms with Crippen molar-refractivity contribution >= 4 is 13.8 Å². The van der Waals surface area contributed by atoms with Gasteiger partial charge in [0.2, 0.25) is 0 Å². The number of carbonyl (C=O) groups excluding carboxylic acids is 1. The maximum Gasteiger partial charge on any atom is 0.472 e. The molecule has 58 heavy (non-hydrogen) atoms. The van der Waals surface area contributed by atoms with Crippen molar-refractivity contribution in [3.05, 3.63) is 24.5 Å². The van der Waals surface area contributed by atoms with Crippen molar-refractivity contribution in [1.82, 2.24) is 0 Å². The molecule has 344 valence electrons. The number of hydrogen-bond acceptors (Lipinski definition) is 7. The highest BCUT2D eigenvalue weighted by atomic mass is 31.2. The van der Waals surface area contributed by atoms with E-state index in [4.69, 9.17) is 24.3 Å². The lowest BCUT2D eigenvalue weighted by molar-refractivity contribution is -0.153.